The van der Waals surface area contributed by atoms with E-state index in [0.717, 1.165) is 54.0 Å². The van der Waals surface area contributed by atoms with Gasteiger partial charge >= 0.3 is 0 Å². The zero-order valence-electron chi connectivity index (χ0n) is 22.6. The van der Waals surface area contributed by atoms with Gasteiger partial charge in [0.05, 0.1) is 6.67 Å². The summed E-state index contributed by atoms with van der Waals surface area (Å²) in [5, 5.41) is 0. The first-order chi connectivity index (χ1) is 14.6. The van der Waals surface area contributed by atoms with Crippen LogP contribution in [-0.2, 0) is 0 Å². The third kappa shape index (κ3) is 4.84. The maximum Gasteiger partial charge on any atom is 0.0904 e. The van der Waals surface area contributed by atoms with Crippen molar-refractivity contribution in [1.82, 2.24) is 9.80 Å². The van der Waals surface area contributed by atoms with Crippen molar-refractivity contribution in [3.05, 3.63) is 11.4 Å². The minimum absolute atomic E-state index is 0.715. The number of hydrogen-bond donors (Lipinski definition) is 0. The van der Waals surface area contributed by atoms with Crippen molar-refractivity contribution < 1.29 is 0 Å². The fourth-order valence-corrected chi connectivity index (χ4v) is 7.76. The van der Waals surface area contributed by atoms with E-state index in [4.69, 9.17) is 0 Å². The molecule has 0 aromatic heterocycles. The molecule has 4 unspecified atom stereocenters. The molecule has 0 aromatic rings. The summed E-state index contributed by atoms with van der Waals surface area (Å²) in [4.78, 5) is 5.79. The predicted octanol–water partition coefficient (Wildman–Crippen LogP) is 8.01. The Kier molecular flexibility index (Phi) is 8.12. The van der Waals surface area contributed by atoms with Crippen LogP contribution in [0, 0.1) is 47.3 Å². The summed E-state index contributed by atoms with van der Waals surface area (Å²) in [5.74, 6) is 6.42. The smallest absolute Gasteiger partial charge is 0.0904 e. The highest BCUT2D eigenvalue weighted by Crippen LogP contribution is 2.47. The summed E-state index contributed by atoms with van der Waals surface area (Å²) in [5.41, 5.74) is 3.16. The van der Waals surface area contributed by atoms with Gasteiger partial charge in [0.25, 0.3) is 0 Å². The highest BCUT2D eigenvalue weighted by Gasteiger charge is 2.47. The molecule has 3 aliphatic rings. The van der Waals surface area contributed by atoms with E-state index in [1.165, 1.54) is 38.5 Å². The lowest BCUT2D eigenvalue weighted by molar-refractivity contribution is -0.0108. The van der Waals surface area contributed by atoms with Gasteiger partial charge < -0.3 is 9.80 Å². The van der Waals surface area contributed by atoms with E-state index in [1.807, 2.05) is 0 Å². The summed E-state index contributed by atoms with van der Waals surface area (Å²) >= 11 is 0. The molecule has 0 amide bonds. The second-order valence-electron chi connectivity index (χ2n) is 12.7. The molecule has 2 aliphatic carbocycles. The molecular formula is C29H54N2. The van der Waals surface area contributed by atoms with Gasteiger partial charge in [-0.25, -0.2) is 0 Å². The molecule has 0 radical (unpaired) electrons. The second-order valence-corrected chi connectivity index (χ2v) is 12.7. The van der Waals surface area contributed by atoms with Crippen molar-refractivity contribution in [1.29, 1.82) is 0 Å². The molecule has 0 aromatic carbocycles. The first kappa shape index (κ1) is 25.0. The van der Waals surface area contributed by atoms with Crippen LogP contribution in [0.3, 0.4) is 0 Å². The van der Waals surface area contributed by atoms with Gasteiger partial charge in [0.15, 0.2) is 0 Å². The van der Waals surface area contributed by atoms with Gasteiger partial charge in [-0.3, -0.25) is 0 Å². The van der Waals surface area contributed by atoms with Crippen molar-refractivity contribution in [2.24, 2.45) is 47.3 Å². The van der Waals surface area contributed by atoms with Crippen LogP contribution >= 0.6 is 0 Å². The molecule has 2 heteroatoms. The van der Waals surface area contributed by atoms with Gasteiger partial charge in [0, 0.05) is 23.5 Å². The lowest BCUT2D eigenvalue weighted by atomic mass is 9.67. The maximum atomic E-state index is 2.90. The lowest BCUT2D eigenvalue weighted by Crippen LogP contribution is -2.54. The third-order valence-electron chi connectivity index (χ3n) is 9.74. The van der Waals surface area contributed by atoms with E-state index in [9.17, 15) is 0 Å². The summed E-state index contributed by atoms with van der Waals surface area (Å²) in [6, 6.07) is 1.43. The zero-order valence-corrected chi connectivity index (χ0v) is 22.6. The fourth-order valence-electron chi connectivity index (χ4n) is 7.76. The van der Waals surface area contributed by atoms with Crippen LogP contribution in [0.25, 0.3) is 0 Å². The Bertz CT molecular complexity index is 532. The monoisotopic (exact) mass is 430 g/mol. The van der Waals surface area contributed by atoms with Gasteiger partial charge in [-0.1, -0.05) is 68.2 Å². The zero-order chi connectivity index (χ0) is 23.0. The lowest BCUT2D eigenvalue weighted by Gasteiger charge is -2.50. The number of nitrogens with zero attached hydrogens (tertiary/aromatic N) is 2. The number of hydrogen-bond acceptors (Lipinski definition) is 2. The standard InChI is InChI=1S/C29H54N2/c1-18(2)24-13-11-14-25(19(3)4)28(24)30-17-31(23(10)22(30)9)29-26(20(5)6)15-12-16-27(29)21(7)8/h18-21,24-29H,11-17H2,1-10H3. The van der Waals surface area contributed by atoms with Crippen molar-refractivity contribution in [3.8, 4) is 0 Å². The van der Waals surface area contributed by atoms with Crippen LogP contribution in [0.4, 0.5) is 0 Å². The molecule has 0 saturated heterocycles. The minimum atomic E-state index is 0.715. The SMILES string of the molecule is CC1=C(C)N(C2C(C(C)C)CCCC2C(C)C)CN1C1C(C(C)C)CCCC1C(C)C. The summed E-state index contributed by atoms with van der Waals surface area (Å²) in [6.45, 7) is 25.8. The van der Waals surface area contributed by atoms with Crippen LogP contribution in [0.2, 0.25) is 0 Å². The molecule has 2 fully saturated rings. The van der Waals surface area contributed by atoms with E-state index < -0.39 is 0 Å². The van der Waals surface area contributed by atoms with Crippen molar-refractivity contribution in [3.63, 3.8) is 0 Å². The van der Waals surface area contributed by atoms with E-state index in [1.54, 1.807) is 11.4 Å². The van der Waals surface area contributed by atoms with Crippen molar-refractivity contribution in [2.45, 2.75) is 120 Å². The highest BCUT2D eigenvalue weighted by atomic mass is 15.4. The Balaban J connectivity index is 1.95. The van der Waals surface area contributed by atoms with E-state index in [2.05, 4.69) is 79.0 Å². The summed E-state index contributed by atoms with van der Waals surface area (Å²) in [6.07, 6.45) is 8.52. The largest absolute Gasteiger partial charge is 0.352 e. The van der Waals surface area contributed by atoms with Gasteiger partial charge in [-0.2, -0.15) is 0 Å². The molecule has 2 saturated carbocycles. The average Bonchev–Trinajstić information content (AvgIpc) is 3.00. The number of rotatable bonds is 6. The topological polar surface area (TPSA) is 6.48 Å². The first-order valence-electron chi connectivity index (χ1n) is 13.8. The van der Waals surface area contributed by atoms with Crippen LogP contribution in [0.15, 0.2) is 11.4 Å². The van der Waals surface area contributed by atoms with E-state index in [-0.39, 0.29) is 0 Å². The first-order valence-corrected chi connectivity index (χ1v) is 13.8. The van der Waals surface area contributed by atoms with Crippen molar-refractivity contribution in [2.75, 3.05) is 6.67 Å². The molecule has 1 heterocycles. The number of allylic oxidation sites excluding steroid dienone is 2. The average molecular weight is 431 g/mol. The van der Waals surface area contributed by atoms with E-state index >= 15 is 0 Å². The van der Waals surface area contributed by atoms with Crippen LogP contribution in [0.1, 0.15) is 108 Å². The molecule has 0 N–H and O–H groups in total. The normalized spacial score (nSPS) is 35.4. The van der Waals surface area contributed by atoms with Crippen molar-refractivity contribution >= 4 is 0 Å². The van der Waals surface area contributed by atoms with Crippen LogP contribution in [0.5, 0.6) is 0 Å². The highest BCUT2D eigenvalue weighted by molar-refractivity contribution is 5.19. The second kappa shape index (κ2) is 10.1. The predicted molar refractivity (Wildman–Crippen MR) is 136 cm³/mol. The molecule has 180 valence electrons. The molecule has 3 rings (SSSR count). The van der Waals surface area contributed by atoms with Gasteiger partial charge in [-0.15, -0.1) is 0 Å². The van der Waals surface area contributed by atoms with Crippen LogP contribution < -0.4 is 0 Å². The Morgan fingerprint density at radius 2 is 0.774 bits per heavy atom. The fraction of sp³-hybridized carbons (Fsp3) is 0.931. The summed E-state index contributed by atoms with van der Waals surface area (Å²) in [7, 11) is 0. The Hall–Kier alpha value is -0.660. The van der Waals surface area contributed by atoms with Gasteiger partial charge in [0.1, 0.15) is 0 Å². The summed E-state index contributed by atoms with van der Waals surface area (Å²) < 4.78 is 0. The van der Waals surface area contributed by atoms with Gasteiger partial charge in [0.2, 0.25) is 0 Å². The Labute approximate surface area is 195 Å². The minimum Gasteiger partial charge on any atom is -0.352 e. The van der Waals surface area contributed by atoms with Crippen LogP contribution in [-0.4, -0.2) is 28.6 Å². The third-order valence-corrected chi connectivity index (χ3v) is 9.74. The molecule has 2 nitrogen and oxygen atoms in total. The quantitative estimate of drug-likeness (QED) is 0.421. The maximum absolute atomic E-state index is 2.90. The molecule has 1 aliphatic heterocycles. The van der Waals surface area contributed by atoms with Gasteiger partial charge in [-0.05, 0) is 86.9 Å². The molecule has 0 bridgehead atoms. The molecule has 4 atom stereocenters. The Morgan fingerprint density at radius 3 is 1.00 bits per heavy atom. The Morgan fingerprint density at radius 1 is 0.516 bits per heavy atom. The molecule has 31 heavy (non-hydrogen) atoms. The van der Waals surface area contributed by atoms with E-state index in [0.29, 0.717) is 12.1 Å². The molecule has 0 spiro atoms. The molecular weight excluding hydrogens is 376 g/mol.